The summed E-state index contributed by atoms with van der Waals surface area (Å²) >= 11 is 0. The lowest BCUT2D eigenvalue weighted by molar-refractivity contribution is -0.151. The number of carbonyl (C=O) groups is 4. The van der Waals surface area contributed by atoms with Gasteiger partial charge in [-0.25, -0.2) is 4.79 Å². The molecule has 9 nitrogen and oxygen atoms in total. The number of nitrogens with two attached hydrogens (primary N) is 1. The van der Waals surface area contributed by atoms with Gasteiger partial charge >= 0.3 is 12.0 Å². The second-order valence-electron chi connectivity index (χ2n) is 8.30. The SMILES string of the molecule is CCCCN1C(=O)C2C(/C=C/c3ccccc3)NC(CCCNC(N)=O)(C(=O)O)C2C1=O. The molecule has 2 aliphatic heterocycles. The highest BCUT2D eigenvalue weighted by atomic mass is 16.4. The Morgan fingerprint density at radius 2 is 1.94 bits per heavy atom. The number of amides is 4. The van der Waals surface area contributed by atoms with Crippen LogP contribution in [-0.4, -0.2) is 58.5 Å². The summed E-state index contributed by atoms with van der Waals surface area (Å²) in [6.45, 7) is 2.43. The molecule has 0 spiro atoms. The molecule has 2 aliphatic rings. The van der Waals surface area contributed by atoms with Crippen LogP contribution in [0.5, 0.6) is 0 Å². The number of fused-ring (bicyclic) bond motifs is 1. The molecule has 2 heterocycles. The molecule has 2 saturated heterocycles. The molecule has 0 bridgehead atoms. The van der Waals surface area contributed by atoms with Gasteiger partial charge in [0.1, 0.15) is 5.54 Å². The summed E-state index contributed by atoms with van der Waals surface area (Å²) in [5.41, 5.74) is 4.39. The van der Waals surface area contributed by atoms with E-state index >= 15 is 0 Å². The first-order chi connectivity index (χ1) is 15.3. The zero-order chi connectivity index (χ0) is 23.3. The first-order valence-electron chi connectivity index (χ1n) is 10.9. The number of aliphatic carboxylic acids is 1. The smallest absolute Gasteiger partial charge is 0.324 e. The van der Waals surface area contributed by atoms with Crippen LogP contribution >= 0.6 is 0 Å². The minimum Gasteiger partial charge on any atom is -0.480 e. The number of carbonyl (C=O) groups excluding carboxylic acids is 3. The molecular formula is C23H30N4O5. The third-order valence-corrected chi connectivity index (χ3v) is 6.24. The minimum absolute atomic E-state index is 0.0695. The number of unbranched alkanes of at least 4 members (excludes halogenated alkanes) is 1. The van der Waals surface area contributed by atoms with Crippen molar-refractivity contribution >= 4 is 29.9 Å². The van der Waals surface area contributed by atoms with Crippen LogP contribution < -0.4 is 16.4 Å². The van der Waals surface area contributed by atoms with Crippen molar-refractivity contribution in [1.82, 2.24) is 15.5 Å². The number of nitrogens with zero attached hydrogens (tertiary/aromatic N) is 1. The van der Waals surface area contributed by atoms with E-state index in [0.717, 1.165) is 12.0 Å². The van der Waals surface area contributed by atoms with Gasteiger partial charge in [-0.05, 0) is 24.8 Å². The van der Waals surface area contributed by atoms with Gasteiger partial charge in [-0.15, -0.1) is 0 Å². The van der Waals surface area contributed by atoms with E-state index < -0.39 is 41.3 Å². The van der Waals surface area contributed by atoms with Gasteiger partial charge in [0.05, 0.1) is 11.8 Å². The van der Waals surface area contributed by atoms with Crippen molar-refractivity contribution in [1.29, 1.82) is 0 Å². The number of hydrogen-bond donors (Lipinski definition) is 4. The molecule has 4 atom stereocenters. The Morgan fingerprint density at radius 1 is 1.22 bits per heavy atom. The third-order valence-electron chi connectivity index (χ3n) is 6.24. The van der Waals surface area contributed by atoms with E-state index in [2.05, 4.69) is 10.6 Å². The number of benzene rings is 1. The topological polar surface area (TPSA) is 142 Å². The molecule has 2 fully saturated rings. The highest BCUT2D eigenvalue weighted by Crippen LogP contribution is 2.45. The maximum absolute atomic E-state index is 13.3. The van der Waals surface area contributed by atoms with Crippen LogP contribution in [0.25, 0.3) is 6.08 Å². The van der Waals surface area contributed by atoms with E-state index in [9.17, 15) is 24.3 Å². The summed E-state index contributed by atoms with van der Waals surface area (Å²) in [4.78, 5) is 51.2. The van der Waals surface area contributed by atoms with E-state index in [4.69, 9.17) is 5.73 Å². The van der Waals surface area contributed by atoms with Crippen LogP contribution in [-0.2, 0) is 14.4 Å². The molecular weight excluding hydrogens is 412 g/mol. The highest BCUT2D eigenvalue weighted by Gasteiger charge is 2.67. The monoisotopic (exact) mass is 442 g/mol. The van der Waals surface area contributed by atoms with E-state index in [1.807, 2.05) is 43.3 Å². The number of rotatable bonds is 10. The molecule has 5 N–H and O–H groups in total. The van der Waals surface area contributed by atoms with E-state index in [1.165, 1.54) is 4.90 Å². The summed E-state index contributed by atoms with van der Waals surface area (Å²) in [6.07, 6.45) is 5.43. The van der Waals surface area contributed by atoms with Crippen molar-refractivity contribution in [2.75, 3.05) is 13.1 Å². The average molecular weight is 443 g/mol. The zero-order valence-electron chi connectivity index (χ0n) is 18.1. The standard InChI is InChI=1S/C23H30N4O5/c1-2-3-14-27-19(28)17-16(11-10-15-8-5-4-6-9-15)26-23(21(30)31,18(17)20(27)29)12-7-13-25-22(24)32/h4-6,8-11,16-18,26H,2-3,7,12-14H2,1H3,(H,30,31)(H3,24,25,32)/b11-10+. The lowest BCUT2D eigenvalue weighted by Gasteiger charge is -2.31. The first-order valence-corrected chi connectivity index (χ1v) is 10.9. The first kappa shape index (κ1) is 23.5. The lowest BCUT2D eigenvalue weighted by Crippen LogP contribution is -2.57. The van der Waals surface area contributed by atoms with Crippen molar-refractivity contribution in [3.63, 3.8) is 0 Å². The third kappa shape index (κ3) is 4.52. The Kier molecular flexibility index (Phi) is 7.29. The number of imide groups is 1. The highest BCUT2D eigenvalue weighted by molar-refractivity contribution is 6.09. The number of carboxylic acid groups (broad SMARTS) is 1. The molecule has 3 rings (SSSR count). The van der Waals surface area contributed by atoms with Gasteiger partial charge in [0, 0.05) is 19.1 Å². The second-order valence-corrected chi connectivity index (χ2v) is 8.30. The van der Waals surface area contributed by atoms with Crippen molar-refractivity contribution in [3.8, 4) is 0 Å². The van der Waals surface area contributed by atoms with Crippen LogP contribution in [0.4, 0.5) is 4.79 Å². The lowest BCUT2D eigenvalue weighted by atomic mass is 9.77. The van der Waals surface area contributed by atoms with Crippen LogP contribution in [0.3, 0.4) is 0 Å². The predicted octanol–water partition coefficient (Wildman–Crippen LogP) is 1.34. The van der Waals surface area contributed by atoms with Crippen LogP contribution in [0, 0.1) is 11.8 Å². The van der Waals surface area contributed by atoms with E-state index in [-0.39, 0.29) is 31.8 Å². The van der Waals surface area contributed by atoms with Crippen molar-refractivity contribution in [3.05, 3.63) is 42.0 Å². The summed E-state index contributed by atoms with van der Waals surface area (Å²) in [5, 5.41) is 15.8. The van der Waals surface area contributed by atoms with Crippen LogP contribution in [0.15, 0.2) is 36.4 Å². The average Bonchev–Trinajstić information content (AvgIpc) is 3.23. The Labute approximate surface area is 187 Å². The van der Waals surface area contributed by atoms with Crippen molar-refractivity contribution < 1.29 is 24.3 Å². The van der Waals surface area contributed by atoms with Gasteiger partial charge in [0.15, 0.2) is 0 Å². The number of urea groups is 1. The number of likely N-dealkylation sites (tertiary alicyclic amines) is 1. The normalized spacial score (nSPS) is 27.2. The van der Waals surface area contributed by atoms with Crippen molar-refractivity contribution in [2.45, 2.75) is 44.2 Å². The molecule has 1 aromatic rings. The van der Waals surface area contributed by atoms with Gasteiger partial charge < -0.3 is 16.2 Å². The number of hydrogen-bond acceptors (Lipinski definition) is 5. The predicted molar refractivity (Wildman–Crippen MR) is 118 cm³/mol. The molecule has 1 aromatic carbocycles. The molecule has 172 valence electrons. The minimum atomic E-state index is -1.61. The van der Waals surface area contributed by atoms with Crippen LogP contribution in [0.2, 0.25) is 0 Å². The summed E-state index contributed by atoms with van der Waals surface area (Å²) in [5.74, 6) is -3.76. The maximum atomic E-state index is 13.3. The molecule has 0 radical (unpaired) electrons. The summed E-state index contributed by atoms with van der Waals surface area (Å²) in [7, 11) is 0. The molecule has 4 unspecified atom stereocenters. The molecule has 0 saturated carbocycles. The van der Waals surface area contributed by atoms with Gasteiger partial charge in [-0.1, -0.05) is 55.8 Å². The van der Waals surface area contributed by atoms with Gasteiger partial charge in [0.2, 0.25) is 11.8 Å². The van der Waals surface area contributed by atoms with Gasteiger partial charge in [0.25, 0.3) is 0 Å². The largest absolute Gasteiger partial charge is 0.480 e. The Balaban J connectivity index is 1.93. The Morgan fingerprint density at radius 3 is 2.56 bits per heavy atom. The number of carboxylic acids is 1. The quantitative estimate of drug-likeness (QED) is 0.318. The fourth-order valence-corrected chi connectivity index (χ4v) is 4.70. The number of nitrogens with one attached hydrogen (secondary N) is 2. The zero-order valence-corrected chi connectivity index (χ0v) is 18.1. The fourth-order valence-electron chi connectivity index (χ4n) is 4.70. The summed E-state index contributed by atoms with van der Waals surface area (Å²) < 4.78 is 0. The molecule has 0 aliphatic carbocycles. The van der Waals surface area contributed by atoms with Gasteiger partial charge in [-0.2, -0.15) is 0 Å². The maximum Gasteiger partial charge on any atom is 0.324 e. The second kappa shape index (κ2) is 9.95. The van der Waals surface area contributed by atoms with E-state index in [0.29, 0.717) is 6.42 Å². The van der Waals surface area contributed by atoms with Crippen molar-refractivity contribution in [2.24, 2.45) is 17.6 Å². The Hall–Kier alpha value is -3.20. The summed E-state index contributed by atoms with van der Waals surface area (Å²) in [6, 6.07) is 8.15. The fraction of sp³-hybridized carbons (Fsp3) is 0.478. The Bertz CT molecular complexity index is 903. The molecule has 4 amide bonds. The van der Waals surface area contributed by atoms with E-state index in [1.54, 1.807) is 6.08 Å². The molecule has 0 aromatic heterocycles. The number of primary amides is 1. The van der Waals surface area contributed by atoms with Crippen LogP contribution in [0.1, 0.15) is 38.2 Å². The van der Waals surface area contributed by atoms with Gasteiger partial charge in [-0.3, -0.25) is 24.6 Å². The molecule has 9 heteroatoms. The molecule has 32 heavy (non-hydrogen) atoms.